The van der Waals surface area contributed by atoms with E-state index >= 15 is 0 Å². The van der Waals surface area contributed by atoms with Crippen LogP contribution in [-0.2, 0) is 9.84 Å². The molecule has 0 aromatic heterocycles. The second kappa shape index (κ2) is 7.04. The summed E-state index contributed by atoms with van der Waals surface area (Å²) in [6.45, 7) is 5.98. The van der Waals surface area contributed by atoms with Crippen LogP contribution in [-0.4, -0.2) is 57.0 Å². The summed E-state index contributed by atoms with van der Waals surface area (Å²) in [5, 5.41) is 3.64. The van der Waals surface area contributed by atoms with Gasteiger partial charge in [-0.2, -0.15) is 0 Å². The second-order valence-electron chi connectivity index (χ2n) is 6.26. The Morgan fingerprint density at radius 1 is 1.11 bits per heavy atom. The average molecular weight is 288 g/mol. The summed E-state index contributed by atoms with van der Waals surface area (Å²) < 4.78 is 23.1. The van der Waals surface area contributed by atoms with Gasteiger partial charge < -0.3 is 10.2 Å². The Bertz CT molecular complexity index is 362. The van der Waals surface area contributed by atoms with Gasteiger partial charge in [0.2, 0.25) is 0 Å². The standard InChI is InChI=1S/C14H28N2O2S/c1-13-3-5-14(6-4-13)15-7-9-16-8-2-11-19(17,18)12-10-16/h13-15H,2-12H2,1H3. The summed E-state index contributed by atoms with van der Waals surface area (Å²) >= 11 is 0. The highest BCUT2D eigenvalue weighted by atomic mass is 32.2. The van der Waals surface area contributed by atoms with E-state index in [1.807, 2.05) is 0 Å². The molecule has 4 nitrogen and oxygen atoms in total. The monoisotopic (exact) mass is 288 g/mol. The Kier molecular flexibility index (Phi) is 5.66. The molecular weight excluding hydrogens is 260 g/mol. The third-order valence-corrected chi connectivity index (χ3v) is 6.24. The largest absolute Gasteiger partial charge is 0.313 e. The van der Waals surface area contributed by atoms with Gasteiger partial charge >= 0.3 is 0 Å². The van der Waals surface area contributed by atoms with E-state index in [0.717, 1.165) is 32.0 Å². The van der Waals surface area contributed by atoms with Crippen molar-refractivity contribution in [3.63, 3.8) is 0 Å². The van der Waals surface area contributed by atoms with E-state index in [1.54, 1.807) is 0 Å². The van der Waals surface area contributed by atoms with E-state index < -0.39 is 9.84 Å². The van der Waals surface area contributed by atoms with Crippen LogP contribution < -0.4 is 5.32 Å². The predicted molar refractivity (Wildman–Crippen MR) is 79.1 cm³/mol. The minimum absolute atomic E-state index is 0.341. The molecule has 1 N–H and O–H groups in total. The lowest BCUT2D eigenvalue weighted by Gasteiger charge is -2.28. The van der Waals surface area contributed by atoms with Gasteiger partial charge in [0.25, 0.3) is 0 Å². The first-order chi connectivity index (χ1) is 9.05. The maximum Gasteiger partial charge on any atom is 0.151 e. The van der Waals surface area contributed by atoms with Crippen LogP contribution in [0.25, 0.3) is 0 Å². The lowest BCUT2D eigenvalue weighted by molar-refractivity contribution is 0.265. The molecule has 1 aliphatic heterocycles. The molecule has 1 saturated carbocycles. The van der Waals surface area contributed by atoms with Crippen LogP contribution in [0.4, 0.5) is 0 Å². The third kappa shape index (κ3) is 5.40. The van der Waals surface area contributed by atoms with Gasteiger partial charge in [0.1, 0.15) is 0 Å². The van der Waals surface area contributed by atoms with Gasteiger partial charge in [0.15, 0.2) is 9.84 Å². The minimum Gasteiger partial charge on any atom is -0.313 e. The highest BCUT2D eigenvalue weighted by Gasteiger charge is 2.20. The van der Waals surface area contributed by atoms with Crippen molar-refractivity contribution in [2.45, 2.75) is 45.1 Å². The molecule has 0 radical (unpaired) electrons. The SMILES string of the molecule is CC1CCC(NCCN2CCCS(=O)(=O)CC2)CC1. The highest BCUT2D eigenvalue weighted by Crippen LogP contribution is 2.23. The zero-order valence-corrected chi connectivity index (χ0v) is 12.9. The highest BCUT2D eigenvalue weighted by molar-refractivity contribution is 7.91. The summed E-state index contributed by atoms with van der Waals surface area (Å²) in [7, 11) is -2.77. The molecular formula is C14H28N2O2S. The second-order valence-corrected chi connectivity index (χ2v) is 8.56. The topological polar surface area (TPSA) is 49.4 Å². The van der Waals surface area contributed by atoms with Crippen molar-refractivity contribution in [3.8, 4) is 0 Å². The molecule has 2 rings (SSSR count). The molecule has 0 bridgehead atoms. The molecule has 0 spiro atoms. The molecule has 5 heteroatoms. The number of hydrogen-bond donors (Lipinski definition) is 1. The van der Waals surface area contributed by atoms with Crippen LogP contribution in [0.2, 0.25) is 0 Å². The van der Waals surface area contributed by atoms with Gasteiger partial charge in [-0.15, -0.1) is 0 Å². The summed E-state index contributed by atoms with van der Waals surface area (Å²) in [5.74, 6) is 1.61. The maximum absolute atomic E-state index is 11.5. The van der Waals surface area contributed by atoms with E-state index in [1.165, 1.54) is 25.7 Å². The molecule has 1 heterocycles. The van der Waals surface area contributed by atoms with Gasteiger partial charge in [0, 0.05) is 25.7 Å². The van der Waals surface area contributed by atoms with E-state index in [-0.39, 0.29) is 0 Å². The molecule has 1 saturated heterocycles. The van der Waals surface area contributed by atoms with Gasteiger partial charge in [0.05, 0.1) is 11.5 Å². The zero-order chi connectivity index (χ0) is 13.7. The lowest BCUT2D eigenvalue weighted by atomic mass is 9.87. The van der Waals surface area contributed by atoms with Crippen molar-refractivity contribution in [1.82, 2.24) is 10.2 Å². The van der Waals surface area contributed by atoms with Crippen LogP contribution in [0.1, 0.15) is 39.0 Å². The van der Waals surface area contributed by atoms with Crippen molar-refractivity contribution < 1.29 is 8.42 Å². The predicted octanol–water partition coefficient (Wildman–Crippen LogP) is 1.28. The summed E-state index contributed by atoms with van der Waals surface area (Å²) in [5.41, 5.74) is 0. The Balaban J connectivity index is 1.63. The molecule has 112 valence electrons. The fraction of sp³-hybridized carbons (Fsp3) is 1.00. The van der Waals surface area contributed by atoms with E-state index in [4.69, 9.17) is 0 Å². The molecule has 0 aromatic rings. The molecule has 1 aliphatic carbocycles. The summed E-state index contributed by atoms with van der Waals surface area (Å²) in [4.78, 5) is 2.29. The first-order valence-corrected chi connectivity index (χ1v) is 9.53. The van der Waals surface area contributed by atoms with Crippen LogP contribution in [0.15, 0.2) is 0 Å². The van der Waals surface area contributed by atoms with Gasteiger partial charge in [-0.05, 0) is 44.6 Å². The van der Waals surface area contributed by atoms with Crippen molar-refractivity contribution in [3.05, 3.63) is 0 Å². The number of rotatable bonds is 4. The maximum atomic E-state index is 11.5. The minimum atomic E-state index is -2.77. The first kappa shape index (κ1) is 15.3. The van der Waals surface area contributed by atoms with Crippen LogP contribution >= 0.6 is 0 Å². The fourth-order valence-electron chi connectivity index (χ4n) is 3.10. The van der Waals surface area contributed by atoms with Crippen molar-refractivity contribution in [1.29, 1.82) is 0 Å². The molecule has 2 aliphatic rings. The molecule has 0 atom stereocenters. The Labute approximate surface area is 117 Å². The normalized spacial score (nSPS) is 32.9. The Morgan fingerprint density at radius 2 is 1.84 bits per heavy atom. The third-order valence-electron chi connectivity index (χ3n) is 4.53. The van der Waals surface area contributed by atoms with Crippen LogP contribution in [0.3, 0.4) is 0 Å². The van der Waals surface area contributed by atoms with Crippen molar-refractivity contribution in [2.24, 2.45) is 5.92 Å². The molecule has 0 unspecified atom stereocenters. The van der Waals surface area contributed by atoms with Crippen molar-refractivity contribution >= 4 is 9.84 Å². The zero-order valence-electron chi connectivity index (χ0n) is 12.1. The molecule has 0 aromatic carbocycles. The summed E-state index contributed by atoms with van der Waals surface area (Å²) in [6.07, 6.45) is 6.09. The van der Waals surface area contributed by atoms with Gasteiger partial charge in [-0.3, -0.25) is 0 Å². The van der Waals surface area contributed by atoms with Crippen LogP contribution in [0.5, 0.6) is 0 Å². The molecule has 0 amide bonds. The Hall–Kier alpha value is -0.130. The van der Waals surface area contributed by atoms with E-state index in [0.29, 0.717) is 24.1 Å². The van der Waals surface area contributed by atoms with Crippen LogP contribution in [0, 0.1) is 5.92 Å². The van der Waals surface area contributed by atoms with Gasteiger partial charge in [-0.25, -0.2) is 8.42 Å². The average Bonchev–Trinajstić information content (AvgIpc) is 2.53. The fourth-order valence-corrected chi connectivity index (χ4v) is 4.41. The van der Waals surface area contributed by atoms with E-state index in [9.17, 15) is 8.42 Å². The summed E-state index contributed by atoms with van der Waals surface area (Å²) in [6, 6.07) is 0.687. The molecule has 19 heavy (non-hydrogen) atoms. The quantitative estimate of drug-likeness (QED) is 0.846. The lowest BCUT2D eigenvalue weighted by Crippen LogP contribution is -2.39. The number of hydrogen-bond acceptors (Lipinski definition) is 4. The van der Waals surface area contributed by atoms with Crippen molar-refractivity contribution in [2.75, 3.05) is 37.7 Å². The number of sulfone groups is 1. The number of nitrogens with one attached hydrogen (secondary N) is 1. The smallest absolute Gasteiger partial charge is 0.151 e. The Morgan fingerprint density at radius 3 is 2.58 bits per heavy atom. The molecule has 2 fully saturated rings. The van der Waals surface area contributed by atoms with E-state index in [2.05, 4.69) is 17.1 Å². The first-order valence-electron chi connectivity index (χ1n) is 7.71. The van der Waals surface area contributed by atoms with Gasteiger partial charge in [-0.1, -0.05) is 6.92 Å². The number of nitrogens with zero attached hydrogens (tertiary/aromatic N) is 1.